The standard InChI is InChI=1S/C14H10Cl3NO3/c1-21-12-3-2-8(11(18-12)6-13(19)20)14-9(16)4-7(15)5-10(14)17/h2-5H,6H2,1H3,(H,19,20). The Labute approximate surface area is 136 Å². The van der Waals surface area contributed by atoms with E-state index in [4.69, 9.17) is 44.6 Å². The van der Waals surface area contributed by atoms with Crippen molar-refractivity contribution in [1.29, 1.82) is 0 Å². The number of halogens is 3. The van der Waals surface area contributed by atoms with Crippen LogP contribution in [0.5, 0.6) is 5.88 Å². The fourth-order valence-electron chi connectivity index (χ4n) is 1.90. The molecule has 0 aliphatic carbocycles. The number of ether oxygens (including phenoxy) is 1. The van der Waals surface area contributed by atoms with E-state index in [9.17, 15) is 4.79 Å². The number of methoxy groups -OCH3 is 1. The number of carboxylic acids is 1. The molecular formula is C14H10Cl3NO3. The number of aliphatic carboxylic acids is 1. The average molecular weight is 347 g/mol. The highest BCUT2D eigenvalue weighted by Gasteiger charge is 2.17. The first-order valence-corrected chi connectivity index (χ1v) is 6.96. The molecule has 0 spiro atoms. The summed E-state index contributed by atoms with van der Waals surface area (Å²) < 4.78 is 5.02. The molecule has 1 aromatic carbocycles. The van der Waals surface area contributed by atoms with Crippen LogP contribution in [0.4, 0.5) is 0 Å². The van der Waals surface area contributed by atoms with Crippen LogP contribution < -0.4 is 4.74 Å². The van der Waals surface area contributed by atoms with Gasteiger partial charge in [0.25, 0.3) is 0 Å². The molecule has 1 aromatic heterocycles. The van der Waals surface area contributed by atoms with Gasteiger partial charge in [-0.3, -0.25) is 4.79 Å². The minimum absolute atomic E-state index is 0.276. The summed E-state index contributed by atoms with van der Waals surface area (Å²) in [7, 11) is 1.45. The third kappa shape index (κ3) is 3.59. The minimum atomic E-state index is -1.02. The minimum Gasteiger partial charge on any atom is -0.481 e. The molecule has 0 aliphatic heterocycles. The third-order valence-electron chi connectivity index (χ3n) is 2.75. The maximum Gasteiger partial charge on any atom is 0.309 e. The van der Waals surface area contributed by atoms with Crippen molar-refractivity contribution in [3.8, 4) is 17.0 Å². The Hall–Kier alpha value is -1.49. The first-order chi connectivity index (χ1) is 9.92. The molecule has 4 nitrogen and oxygen atoms in total. The number of carbonyl (C=O) groups is 1. The fraction of sp³-hybridized carbons (Fsp3) is 0.143. The number of carboxylic acid groups (broad SMARTS) is 1. The summed E-state index contributed by atoms with van der Waals surface area (Å²) in [5.74, 6) is -0.700. The van der Waals surface area contributed by atoms with Crippen LogP contribution in [0, 0.1) is 0 Å². The highest BCUT2D eigenvalue weighted by molar-refractivity contribution is 6.41. The first-order valence-electron chi connectivity index (χ1n) is 5.83. The van der Waals surface area contributed by atoms with Gasteiger partial charge in [-0.15, -0.1) is 0 Å². The fourth-order valence-corrected chi connectivity index (χ4v) is 2.92. The second kappa shape index (κ2) is 6.52. The molecule has 2 aromatic rings. The summed E-state index contributed by atoms with van der Waals surface area (Å²) >= 11 is 18.2. The topological polar surface area (TPSA) is 59.4 Å². The van der Waals surface area contributed by atoms with Crippen LogP contribution in [0.1, 0.15) is 5.69 Å². The molecule has 0 aliphatic rings. The Morgan fingerprint density at radius 1 is 1.24 bits per heavy atom. The smallest absolute Gasteiger partial charge is 0.309 e. The number of hydrogen-bond donors (Lipinski definition) is 1. The Morgan fingerprint density at radius 3 is 2.38 bits per heavy atom. The molecule has 2 rings (SSSR count). The second-order valence-corrected chi connectivity index (χ2v) is 5.41. The van der Waals surface area contributed by atoms with Gasteiger partial charge in [0.05, 0.1) is 29.3 Å². The van der Waals surface area contributed by atoms with Crippen molar-refractivity contribution in [2.24, 2.45) is 0 Å². The maximum absolute atomic E-state index is 11.0. The van der Waals surface area contributed by atoms with Crippen LogP contribution in [0.3, 0.4) is 0 Å². The van der Waals surface area contributed by atoms with Gasteiger partial charge < -0.3 is 9.84 Å². The van der Waals surface area contributed by atoms with Gasteiger partial charge >= 0.3 is 5.97 Å². The van der Waals surface area contributed by atoms with Crippen LogP contribution in [0.15, 0.2) is 24.3 Å². The Balaban J connectivity index is 2.65. The van der Waals surface area contributed by atoms with Gasteiger partial charge in [-0.25, -0.2) is 4.98 Å². The maximum atomic E-state index is 11.0. The summed E-state index contributed by atoms with van der Waals surface area (Å²) in [6, 6.07) is 6.37. The van der Waals surface area contributed by atoms with Crippen molar-refractivity contribution in [2.45, 2.75) is 6.42 Å². The monoisotopic (exact) mass is 345 g/mol. The highest BCUT2D eigenvalue weighted by Crippen LogP contribution is 2.39. The quantitative estimate of drug-likeness (QED) is 0.894. The van der Waals surface area contributed by atoms with Gasteiger partial charge in [-0.05, 0) is 18.2 Å². The van der Waals surface area contributed by atoms with Gasteiger partial charge in [-0.1, -0.05) is 34.8 Å². The molecule has 0 fully saturated rings. The zero-order valence-corrected chi connectivity index (χ0v) is 13.1. The lowest BCUT2D eigenvalue weighted by molar-refractivity contribution is -0.136. The number of benzene rings is 1. The Kier molecular flexibility index (Phi) is 4.93. The van der Waals surface area contributed by atoms with Crippen molar-refractivity contribution in [2.75, 3.05) is 7.11 Å². The lowest BCUT2D eigenvalue weighted by Crippen LogP contribution is -2.05. The summed E-state index contributed by atoms with van der Waals surface area (Å²) in [6.07, 6.45) is -0.276. The number of hydrogen-bond acceptors (Lipinski definition) is 3. The predicted octanol–water partition coefficient (Wildman–Crippen LogP) is 4.34. The molecule has 7 heteroatoms. The van der Waals surface area contributed by atoms with Crippen LogP contribution in [0.25, 0.3) is 11.1 Å². The lowest BCUT2D eigenvalue weighted by Gasteiger charge is -2.12. The molecule has 0 saturated heterocycles. The van der Waals surface area contributed by atoms with Gasteiger partial charge in [0.15, 0.2) is 0 Å². The molecule has 0 amide bonds. The van der Waals surface area contributed by atoms with Crippen LogP contribution >= 0.6 is 34.8 Å². The van der Waals surface area contributed by atoms with Gasteiger partial charge in [-0.2, -0.15) is 0 Å². The van der Waals surface area contributed by atoms with Crippen molar-refractivity contribution in [3.05, 3.63) is 45.0 Å². The summed E-state index contributed by atoms with van der Waals surface area (Å²) in [5, 5.41) is 10.1. The lowest BCUT2D eigenvalue weighted by atomic mass is 10.0. The SMILES string of the molecule is COc1ccc(-c2c(Cl)cc(Cl)cc2Cl)c(CC(=O)O)n1. The van der Waals surface area contributed by atoms with Crippen molar-refractivity contribution >= 4 is 40.8 Å². The van der Waals surface area contributed by atoms with Gasteiger partial charge in [0.1, 0.15) is 0 Å². The molecule has 21 heavy (non-hydrogen) atoms. The van der Waals surface area contributed by atoms with E-state index in [0.717, 1.165) is 0 Å². The summed E-state index contributed by atoms with van der Waals surface area (Å²) in [6.45, 7) is 0. The second-order valence-electron chi connectivity index (χ2n) is 4.16. The zero-order valence-electron chi connectivity index (χ0n) is 10.9. The van der Waals surface area contributed by atoms with E-state index < -0.39 is 5.97 Å². The molecule has 110 valence electrons. The normalized spacial score (nSPS) is 10.5. The van der Waals surface area contributed by atoms with E-state index in [2.05, 4.69) is 4.98 Å². The van der Waals surface area contributed by atoms with Crippen molar-refractivity contribution in [3.63, 3.8) is 0 Å². The van der Waals surface area contributed by atoms with E-state index in [1.165, 1.54) is 7.11 Å². The molecule has 1 N–H and O–H groups in total. The third-order valence-corrected chi connectivity index (χ3v) is 3.57. The number of pyridine rings is 1. The Bertz CT molecular complexity index is 681. The van der Waals surface area contributed by atoms with E-state index >= 15 is 0 Å². The molecular weight excluding hydrogens is 337 g/mol. The largest absolute Gasteiger partial charge is 0.481 e. The molecule has 0 unspecified atom stereocenters. The summed E-state index contributed by atoms with van der Waals surface area (Å²) in [5.41, 5.74) is 1.34. The van der Waals surface area contributed by atoms with E-state index in [0.29, 0.717) is 37.8 Å². The van der Waals surface area contributed by atoms with E-state index in [1.807, 2.05) is 0 Å². The van der Waals surface area contributed by atoms with Gasteiger partial charge in [0, 0.05) is 22.2 Å². The van der Waals surface area contributed by atoms with Crippen molar-refractivity contribution in [1.82, 2.24) is 4.98 Å². The van der Waals surface area contributed by atoms with Crippen LogP contribution in [-0.4, -0.2) is 23.2 Å². The highest BCUT2D eigenvalue weighted by atomic mass is 35.5. The van der Waals surface area contributed by atoms with Gasteiger partial charge in [0.2, 0.25) is 5.88 Å². The first kappa shape index (κ1) is 15.9. The number of rotatable bonds is 4. The number of aromatic nitrogens is 1. The Morgan fingerprint density at radius 2 is 1.86 bits per heavy atom. The van der Waals surface area contributed by atoms with Crippen LogP contribution in [-0.2, 0) is 11.2 Å². The molecule has 0 atom stereocenters. The molecule has 0 saturated carbocycles. The van der Waals surface area contributed by atoms with Crippen LogP contribution in [0.2, 0.25) is 15.1 Å². The molecule has 0 radical (unpaired) electrons. The van der Waals surface area contributed by atoms with E-state index in [-0.39, 0.29) is 6.42 Å². The average Bonchev–Trinajstić information content (AvgIpc) is 2.38. The van der Waals surface area contributed by atoms with Crippen molar-refractivity contribution < 1.29 is 14.6 Å². The predicted molar refractivity (Wildman–Crippen MR) is 82.6 cm³/mol. The zero-order chi connectivity index (χ0) is 15.6. The summed E-state index contributed by atoms with van der Waals surface area (Å²) in [4.78, 5) is 15.2. The number of nitrogens with zero attached hydrogens (tertiary/aromatic N) is 1. The molecule has 0 bridgehead atoms. The molecule has 1 heterocycles. The van der Waals surface area contributed by atoms with E-state index in [1.54, 1.807) is 24.3 Å².